The molecular formula is C5H6BNO2S. The summed E-state index contributed by atoms with van der Waals surface area (Å²) in [5, 5.41) is 9.32. The molecule has 1 heterocycles. The Morgan fingerprint density at radius 2 is 2.40 bits per heavy atom. The Morgan fingerprint density at radius 3 is 2.60 bits per heavy atom. The van der Waals surface area contributed by atoms with Gasteiger partial charge in [0.05, 0.1) is 5.01 Å². The lowest BCUT2D eigenvalue weighted by Crippen LogP contribution is -2.10. The van der Waals surface area contributed by atoms with Gasteiger partial charge in [-0.1, -0.05) is 0 Å². The summed E-state index contributed by atoms with van der Waals surface area (Å²) >= 11 is 1.41. The summed E-state index contributed by atoms with van der Waals surface area (Å²) in [4.78, 5) is 14.2. The van der Waals surface area contributed by atoms with Crippen molar-refractivity contribution in [1.82, 2.24) is 4.98 Å². The van der Waals surface area contributed by atoms with E-state index in [1.807, 2.05) is 0 Å². The van der Waals surface area contributed by atoms with E-state index in [-0.39, 0.29) is 5.69 Å². The zero-order chi connectivity index (χ0) is 7.72. The summed E-state index contributed by atoms with van der Waals surface area (Å²) in [7, 11) is 1.76. The van der Waals surface area contributed by atoms with Gasteiger partial charge in [-0.3, -0.25) is 0 Å². The van der Waals surface area contributed by atoms with E-state index in [4.69, 9.17) is 5.11 Å². The molecule has 0 spiro atoms. The minimum absolute atomic E-state index is 0.183. The van der Waals surface area contributed by atoms with Gasteiger partial charge >= 0.3 is 5.97 Å². The second-order valence-corrected chi connectivity index (χ2v) is 3.35. The van der Waals surface area contributed by atoms with E-state index < -0.39 is 5.97 Å². The minimum Gasteiger partial charge on any atom is -0.477 e. The summed E-state index contributed by atoms with van der Waals surface area (Å²) < 4.78 is 0.769. The van der Waals surface area contributed by atoms with Crippen LogP contribution in [0.4, 0.5) is 0 Å². The van der Waals surface area contributed by atoms with Crippen LogP contribution in [0.15, 0.2) is 0 Å². The molecule has 0 saturated carbocycles. The summed E-state index contributed by atoms with van der Waals surface area (Å²) in [5.41, 5.74) is 0.183. The Bertz CT molecular complexity index is 271. The Hall–Kier alpha value is -0.835. The molecule has 1 aromatic rings. The third-order valence-electron chi connectivity index (χ3n) is 1.11. The van der Waals surface area contributed by atoms with Gasteiger partial charge in [0, 0.05) is 0 Å². The Kier molecular flexibility index (Phi) is 1.76. The summed E-state index contributed by atoms with van der Waals surface area (Å²) in [6.07, 6.45) is 0. The van der Waals surface area contributed by atoms with Crippen molar-refractivity contribution in [2.24, 2.45) is 0 Å². The standard InChI is InChI=1S/C5H6BNO2S/c1-2-7-3(5(8)9)4(6)10-2/h6H2,1H3,(H,8,9). The number of nitrogens with zero attached hydrogens (tertiary/aromatic N) is 1. The van der Waals surface area contributed by atoms with Crippen molar-refractivity contribution in [3.05, 3.63) is 10.7 Å². The van der Waals surface area contributed by atoms with Gasteiger partial charge in [0.25, 0.3) is 0 Å². The molecule has 0 aliphatic rings. The van der Waals surface area contributed by atoms with Crippen LogP contribution in [-0.4, -0.2) is 23.9 Å². The molecule has 0 bridgehead atoms. The second kappa shape index (κ2) is 2.42. The van der Waals surface area contributed by atoms with Crippen LogP contribution in [0.1, 0.15) is 15.5 Å². The molecule has 0 fully saturated rings. The van der Waals surface area contributed by atoms with Crippen LogP contribution in [0.3, 0.4) is 0 Å². The third kappa shape index (κ3) is 1.18. The smallest absolute Gasteiger partial charge is 0.354 e. The van der Waals surface area contributed by atoms with Crippen molar-refractivity contribution in [3.63, 3.8) is 0 Å². The zero-order valence-electron chi connectivity index (χ0n) is 5.71. The molecule has 52 valence electrons. The van der Waals surface area contributed by atoms with E-state index in [9.17, 15) is 4.79 Å². The highest BCUT2D eigenvalue weighted by Gasteiger charge is 2.10. The topological polar surface area (TPSA) is 50.2 Å². The Labute approximate surface area is 63.1 Å². The van der Waals surface area contributed by atoms with E-state index in [1.54, 1.807) is 14.8 Å². The first-order valence-corrected chi connectivity index (χ1v) is 3.60. The normalized spacial score (nSPS) is 9.70. The number of carboxylic acid groups (broad SMARTS) is 1. The van der Waals surface area contributed by atoms with E-state index in [1.165, 1.54) is 11.3 Å². The average Bonchev–Trinajstić information content (AvgIpc) is 2.10. The fraction of sp³-hybridized carbons (Fsp3) is 0.200. The van der Waals surface area contributed by atoms with Crippen LogP contribution >= 0.6 is 11.3 Å². The van der Waals surface area contributed by atoms with Crippen LogP contribution in [0.5, 0.6) is 0 Å². The van der Waals surface area contributed by atoms with Crippen molar-refractivity contribution in [2.45, 2.75) is 6.92 Å². The molecule has 1 aromatic heterocycles. The van der Waals surface area contributed by atoms with E-state index in [2.05, 4.69) is 4.98 Å². The number of aromatic nitrogens is 1. The first kappa shape index (κ1) is 7.27. The molecule has 0 aliphatic heterocycles. The lowest BCUT2D eigenvalue weighted by molar-refractivity contribution is 0.0692. The van der Waals surface area contributed by atoms with E-state index >= 15 is 0 Å². The van der Waals surface area contributed by atoms with Crippen molar-refractivity contribution < 1.29 is 9.90 Å². The van der Waals surface area contributed by atoms with Gasteiger partial charge in [-0.15, -0.1) is 11.3 Å². The van der Waals surface area contributed by atoms with Crippen molar-refractivity contribution in [1.29, 1.82) is 0 Å². The summed E-state index contributed by atoms with van der Waals surface area (Å²) in [6, 6.07) is 0. The quantitative estimate of drug-likeness (QED) is 0.551. The number of carbonyl (C=O) groups is 1. The maximum atomic E-state index is 10.4. The fourth-order valence-electron chi connectivity index (χ4n) is 0.727. The molecule has 1 N–H and O–H groups in total. The summed E-state index contributed by atoms with van der Waals surface area (Å²) in [5.74, 6) is -0.943. The van der Waals surface area contributed by atoms with Gasteiger partial charge in [-0.25, -0.2) is 9.78 Å². The van der Waals surface area contributed by atoms with Crippen LogP contribution in [0.2, 0.25) is 0 Å². The van der Waals surface area contributed by atoms with Crippen LogP contribution in [0.25, 0.3) is 0 Å². The maximum absolute atomic E-state index is 10.4. The molecule has 0 radical (unpaired) electrons. The van der Waals surface area contributed by atoms with Crippen molar-refractivity contribution in [3.8, 4) is 0 Å². The number of aryl methyl sites for hydroxylation is 1. The van der Waals surface area contributed by atoms with Gasteiger partial charge in [0.2, 0.25) is 0 Å². The van der Waals surface area contributed by atoms with Crippen LogP contribution in [-0.2, 0) is 0 Å². The van der Waals surface area contributed by atoms with Gasteiger partial charge in [-0.05, 0) is 11.7 Å². The van der Waals surface area contributed by atoms with Crippen LogP contribution in [0, 0.1) is 6.92 Å². The van der Waals surface area contributed by atoms with Crippen molar-refractivity contribution in [2.75, 3.05) is 0 Å². The van der Waals surface area contributed by atoms with Crippen LogP contribution < -0.4 is 4.78 Å². The lowest BCUT2D eigenvalue weighted by atomic mass is 10.1. The molecule has 0 aromatic carbocycles. The highest BCUT2D eigenvalue weighted by atomic mass is 32.1. The number of thiazole rings is 1. The largest absolute Gasteiger partial charge is 0.477 e. The van der Waals surface area contributed by atoms with Crippen molar-refractivity contribution >= 4 is 29.9 Å². The van der Waals surface area contributed by atoms with E-state index in [0.717, 1.165) is 9.78 Å². The Balaban J connectivity index is 3.15. The third-order valence-corrected chi connectivity index (χ3v) is 1.99. The Morgan fingerprint density at radius 1 is 1.80 bits per heavy atom. The molecule has 0 atom stereocenters. The molecule has 0 unspecified atom stereocenters. The monoisotopic (exact) mass is 155 g/mol. The highest BCUT2D eigenvalue weighted by molar-refractivity contribution is 7.20. The zero-order valence-corrected chi connectivity index (χ0v) is 6.53. The maximum Gasteiger partial charge on any atom is 0.354 e. The van der Waals surface area contributed by atoms with Gasteiger partial charge in [0.1, 0.15) is 0 Å². The van der Waals surface area contributed by atoms with Gasteiger partial charge < -0.3 is 5.11 Å². The molecule has 0 saturated heterocycles. The highest BCUT2D eigenvalue weighted by Crippen LogP contribution is 2.02. The number of rotatable bonds is 1. The van der Waals surface area contributed by atoms with E-state index in [0.29, 0.717) is 0 Å². The second-order valence-electron chi connectivity index (χ2n) is 1.94. The first-order chi connectivity index (χ1) is 4.61. The number of carboxylic acids is 1. The minimum atomic E-state index is -0.943. The molecular weight excluding hydrogens is 149 g/mol. The molecule has 10 heavy (non-hydrogen) atoms. The number of hydrogen-bond acceptors (Lipinski definition) is 3. The fourth-order valence-corrected chi connectivity index (χ4v) is 1.54. The first-order valence-electron chi connectivity index (χ1n) is 2.78. The predicted molar refractivity (Wildman–Crippen MR) is 42.0 cm³/mol. The summed E-state index contributed by atoms with van der Waals surface area (Å²) in [6.45, 7) is 1.80. The molecule has 5 heteroatoms. The average molecular weight is 155 g/mol. The molecule has 0 aliphatic carbocycles. The predicted octanol–water partition coefficient (Wildman–Crippen LogP) is -0.592. The SMILES string of the molecule is Bc1sc(C)nc1C(=O)O. The molecule has 3 nitrogen and oxygen atoms in total. The van der Waals surface area contributed by atoms with Gasteiger partial charge in [-0.2, -0.15) is 0 Å². The lowest BCUT2D eigenvalue weighted by Gasteiger charge is -1.84. The molecule has 0 amide bonds. The number of hydrogen-bond donors (Lipinski definition) is 1. The van der Waals surface area contributed by atoms with Gasteiger partial charge in [0.15, 0.2) is 13.5 Å². The molecule has 1 rings (SSSR count). The number of aromatic carboxylic acids is 1.